The van der Waals surface area contributed by atoms with Crippen LogP contribution in [0.1, 0.15) is 20.3 Å². The zero-order valence-electron chi connectivity index (χ0n) is 10.7. The molecule has 0 rings (SSSR count). The number of hydrogen-bond acceptors (Lipinski definition) is 6. The number of aliphatic hydroxyl groups excluding tert-OH is 1. The average Bonchev–Trinajstić information content (AvgIpc) is 2.21. The molecule has 0 radical (unpaired) electrons. The molecular weight excluding hydrogens is 264 g/mol. The van der Waals surface area contributed by atoms with Gasteiger partial charge < -0.3 is 14.6 Å². The first-order valence-corrected chi connectivity index (χ1v) is 6.89. The van der Waals surface area contributed by atoms with E-state index in [1.807, 2.05) is 0 Å². The molecule has 1 unspecified atom stereocenters. The van der Waals surface area contributed by atoms with Crippen LogP contribution < -0.4 is 9.44 Å². The first kappa shape index (κ1) is 17.1. The first-order valence-electron chi connectivity index (χ1n) is 5.41. The summed E-state index contributed by atoms with van der Waals surface area (Å²) in [7, 11) is -2.60. The Balaban J connectivity index is 4.31. The lowest BCUT2D eigenvalue weighted by Crippen LogP contribution is -2.47. The molecule has 0 aromatic carbocycles. The Morgan fingerprint density at radius 1 is 1.39 bits per heavy atom. The molecular formula is C9H20N2O6S. The van der Waals surface area contributed by atoms with Gasteiger partial charge in [-0.1, -0.05) is 0 Å². The maximum absolute atomic E-state index is 11.5. The fourth-order valence-corrected chi connectivity index (χ4v) is 2.00. The third-order valence-corrected chi connectivity index (χ3v) is 2.85. The maximum Gasteiger partial charge on any atom is 0.422 e. The number of aliphatic hydroxyl groups is 1. The van der Waals surface area contributed by atoms with E-state index in [9.17, 15) is 13.2 Å². The minimum Gasteiger partial charge on any atom is -0.446 e. The third-order valence-electron chi connectivity index (χ3n) is 1.77. The Kier molecular flexibility index (Phi) is 7.83. The van der Waals surface area contributed by atoms with Gasteiger partial charge in [0.25, 0.3) is 0 Å². The molecule has 1 amide bonds. The largest absolute Gasteiger partial charge is 0.446 e. The molecule has 9 heteroatoms. The zero-order valence-corrected chi connectivity index (χ0v) is 11.5. The van der Waals surface area contributed by atoms with Crippen molar-refractivity contribution in [1.82, 2.24) is 9.44 Å². The summed E-state index contributed by atoms with van der Waals surface area (Å²) in [6, 6.07) is -0.728. The monoisotopic (exact) mass is 284 g/mol. The number of carbonyl (C=O) groups is 1. The van der Waals surface area contributed by atoms with Gasteiger partial charge >= 0.3 is 16.3 Å². The molecule has 0 bridgehead atoms. The fraction of sp³-hybridized carbons (Fsp3) is 0.889. The smallest absolute Gasteiger partial charge is 0.422 e. The van der Waals surface area contributed by atoms with Crippen LogP contribution >= 0.6 is 0 Å². The molecule has 1 atom stereocenters. The summed E-state index contributed by atoms with van der Waals surface area (Å²) in [4.78, 5) is 11.1. The lowest BCUT2D eigenvalue weighted by atomic mass is 10.2. The van der Waals surface area contributed by atoms with E-state index in [2.05, 4.69) is 9.46 Å². The second-order valence-corrected chi connectivity index (χ2v) is 5.29. The highest BCUT2D eigenvalue weighted by atomic mass is 32.2. The van der Waals surface area contributed by atoms with E-state index in [0.29, 0.717) is 0 Å². The number of amides is 1. The van der Waals surface area contributed by atoms with Gasteiger partial charge in [0, 0.05) is 19.8 Å². The summed E-state index contributed by atoms with van der Waals surface area (Å²) in [5.41, 5.74) is 0. The van der Waals surface area contributed by atoms with E-state index >= 15 is 0 Å². The van der Waals surface area contributed by atoms with Gasteiger partial charge in [0.1, 0.15) is 0 Å². The Morgan fingerprint density at radius 2 is 2.00 bits per heavy atom. The standard InChI is InChI=1S/C9H20N2O6S/c1-7(2)17-9(13)11-18(14,15)10-8(6-12)4-5-16-3/h7-8,10,12H,4-6H2,1-3H3,(H,11,13). The number of ether oxygens (including phenoxy) is 2. The zero-order chi connectivity index (χ0) is 14.2. The molecule has 0 aliphatic heterocycles. The van der Waals surface area contributed by atoms with E-state index in [-0.39, 0.29) is 13.0 Å². The lowest BCUT2D eigenvalue weighted by Gasteiger charge is -2.16. The van der Waals surface area contributed by atoms with Crippen LogP contribution in [-0.2, 0) is 19.7 Å². The predicted octanol–water partition coefficient (Wildman–Crippen LogP) is -0.647. The van der Waals surface area contributed by atoms with Crippen LogP contribution in [-0.4, -0.2) is 52.1 Å². The lowest BCUT2D eigenvalue weighted by molar-refractivity contribution is 0.121. The molecule has 0 fully saturated rings. The van der Waals surface area contributed by atoms with Crippen molar-refractivity contribution in [1.29, 1.82) is 0 Å². The number of nitrogens with one attached hydrogen (secondary N) is 2. The van der Waals surface area contributed by atoms with Crippen molar-refractivity contribution in [2.45, 2.75) is 32.4 Å². The van der Waals surface area contributed by atoms with E-state index < -0.39 is 35.1 Å². The molecule has 0 aliphatic rings. The van der Waals surface area contributed by atoms with Crippen LogP contribution in [0.25, 0.3) is 0 Å². The van der Waals surface area contributed by atoms with Crippen molar-refractivity contribution in [2.75, 3.05) is 20.3 Å². The van der Waals surface area contributed by atoms with Crippen molar-refractivity contribution in [3.63, 3.8) is 0 Å². The van der Waals surface area contributed by atoms with Crippen molar-refractivity contribution >= 4 is 16.3 Å². The summed E-state index contributed by atoms with van der Waals surface area (Å²) in [6.45, 7) is 3.07. The normalized spacial score (nSPS) is 13.4. The topological polar surface area (TPSA) is 114 Å². The highest BCUT2D eigenvalue weighted by molar-refractivity contribution is 7.88. The summed E-state index contributed by atoms with van der Waals surface area (Å²) >= 11 is 0. The molecule has 18 heavy (non-hydrogen) atoms. The first-order chi connectivity index (χ1) is 8.30. The third kappa shape index (κ3) is 8.23. The van der Waals surface area contributed by atoms with Crippen LogP contribution in [0.3, 0.4) is 0 Å². The summed E-state index contributed by atoms with van der Waals surface area (Å²) < 4.78 is 36.1. The van der Waals surface area contributed by atoms with Gasteiger partial charge in [-0.2, -0.15) is 13.1 Å². The summed E-state index contributed by atoms with van der Waals surface area (Å²) in [5.74, 6) is 0. The molecule has 0 saturated heterocycles. The van der Waals surface area contributed by atoms with Gasteiger partial charge in [0.2, 0.25) is 0 Å². The van der Waals surface area contributed by atoms with E-state index in [1.165, 1.54) is 7.11 Å². The van der Waals surface area contributed by atoms with E-state index in [4.69, 9.17) is 9.84 Å². The highest BCUT2D eigenvalue weighted by Gasteiger charge is 2.20. The molecule has 0 saturated carbocycles. The number of carbonyl (C=O) groups excluding carboxylic acids is 1. The van der Waals surface area contributed by atoms with Crippen LogP contribution in [0, 0.1) is 0 Å². The van der Waals surface area contributed by atoms with Gasteiger partial charge in [-0.25, -0.2) is 9.52 Å². The highest BCUT2D eigenvalue weighted by Crippen LogP contribution is 1.95. The second kappa shape index (κ2) is 8.25. The van der Waals surface area contributed by atoms with Gasteiger partial charge in [0.15, 0.2) is 0 Å². The molecule has 0 aromatic rings. The molecule has 0 heterocycles. The molecule has 8 nitrogen and oxygen atoms in total. The van der Waals surface area contributed by atoms with Crippen molar-refractivity contribution < 1.29 is 27.8 Å². The SMILES string of the molecule is COCCC(CO)NS(=O)(=O)NC(=O)OC(C)C. The Labute approximate surface area is 107 Å². The van der Waals surface area contributed by atoms with Crippen LogP contribution in [0.5, 0.6) is 0 Å². The van der Waals surface area contributed by atoms with Crippen LogP contribution in [0.2, 0.25) is 0 Å². The quantitative estimate of drug-likeness (QED) is 0.546. The Bertz CT molecular complexity index is 343. The Morgan fingerprint density at radius 3 is 2.44 bits per heavy atom. The van der Waals surface area contributed by atoms with Crippen molar-refractivity contribution in [3.05, 3.63) is 0 Å². The van der Waals surface area contributed by atoms with Gasteiger partial charge in [0.05, 0.1) is 12.7 Å². The summed E-state index contributed by atoms with van der Waals surface area (Å²) in [6.07, 6.45) is -1.21. The number of rotatable bonds is 8. The molecule has 108 valence electrons. The molecule has 0 aromatic heterocycles. The van der Waals surface area contributed by atoms with Crippen LogP contribution in [0.15, 0.2) is 0 Å². The van der Waals surface area contributed by atoms with E-state index in [0.717, 1.165) is 0 Å². The van der Waals surface area contributed by atoms with Gasteiger partial charge in [-0.15, -0.1) is 0 Å². The van der Waals surface area contributed by atoms with Gasteiger partial charge in [-0.3, -0.25) is 0 Å². The summed E-state index contributed by atoms with van der Waals surface area (Å²) in [5, 5.41) is 8.97. The predicted molar refractivity (Wildman–Crippen MR) is 64.2 cm³/mol. The average molecular weight is 284 g/mol. The van der Waals surface area contributed by atoms with Crippen molar-refractivity contribution in [3.8, 4) is 0 Å². The van der Waals surface area contributed by atoms with Crippen LogP contribution in [0.4, 0.5) is 4.79 Å². The molecule has 0 aliphatic carbocycles. The number of hydrogen-bond donors (Lipinski definition) is 3. The fourth-order valence-electron chi connectivity index (χ4n) is 1.04. The van der Waals surface area contributed by atoms with E-state index in [1.54, 1.807) is 18.6 Å². The molecule has 3 N–H and O–H groups in total. The minimum atomic E-state index is -4.06. The number of methoxy groups -OCH3 is 1. The van der Waals surface area contributed by atoms with Gasteiger partial charge in [-0.05, 0) is 20.3 Å². The Hall–Kier alpha value is -0.900. The minimum absolute atomic E-state index is 0.282. The van der Waals surface area contributed by atoms with Crippen molar-refractivity contribution in [2.24, 2.45) is 0 Å². The molecule has 0 spiro atoms. The second-order valence-electron chi connectivity index (χ2n) is 3.84. The maximum atomic E-state index is 11.5.